The van der Waals surface area contributed by atoms with Gasteiger partial charge in [0.1, 0.15) is 0 Å². The number of nitrogens with zero attached hydrogens (tertiary/aromatic N) is 1. The number of carbonyl (C=O) groups excluding carboxylic acids is 1. The number of halogens is 1. The summed E-state index contributed by atoms with van der Waals surface area (Å²) < 4.78 is 0.702. The third kappa shape index (κ3) is 3.26. The quantitative estimate of drug-likeness (QED) is 0.758. The van der Waals surface area contributed by atoms with Crippen molar-refractivity contribution in [3.8, 4) is 0 Å². The largest absolute Gasteiger partial charge is 0.296 e. The second kappa shape index (κ2) is 6.17. The molecule has 0 bridgehead atoms. The van der Waals surface area contributed by atoms with Gasteiger partial charge in [-0.15, -0.1) is 11.3 Å². The molecule has 0 amide bonds. The highest BCUT2D eigenvalue weighted by molar-refractivity contribution is 7.18. The van der Waals surface area contributed by atoms with E-state index in [1.165, 1.54) is 56.3 Å². The van der Waals surface area contributed by atoms with E-state index >= 15 is 0 Å². The van der Waals surface area contributed by atoms with Gasteiger partial charge in [-0.3, -0.25) is 9.69 Å². The fourth-order valence-corrected chi connectivity index (χ4v) is 4.71. The van der Waals surface area contributed by atoms with Crippen LogP contribution in [0.2, 0.25) is 4.34 Å². The number of likely N-dealkylation sites (tertiary alicyclic amines) is 1. The van der Waals surface area contributed by atoms with Gasteiger partial charge in [-0.25, -0.2) is 0 Å². The van der Waals surface area contributed by atoms with E-state index in [9.17, 15) is 4.79 Å². The highest BCUT2D eigenvalue weighted by atomic mass is 35.5. The van der Waals surface area contributed by atoms with Crippen LogP contribution in [-0.4, -0.2) is 30.3 Å². The zero-order chi connectivity index (χ0) is 14.0. The molecule has 1 aliphatic heterocycles. The Bertz CT molecular complexity index is 469. The number of hydrogen-bond donors (Lipinski definition) is 0. The summed E-state index contributed by atoms with van der Waals surface area (Å²) in [7, 11) is 0. The Labute approximate surface area is 130 Å². The van der Waals surface area contributed by atoms with E-state index in [0.29, 0.717) is 16.3 Å². The van der Waals surface area contributed by atoms with Crippen molar-refractivity contribution in [1.82, 2.24) is 4.90 Å². The molecule has 2 aliphatic rings. The molecule has 0 N–H and O–H groups in total. The smallest absolute Gasteiger partial charge is 0.186 e. The van der Waals surface area contributed by atoms with Gasteiger partial charge in [-0.2, -0.15) is 0 Å². The predicted molar refractivity (Wildman–Crippen MR) is 84.9 cm³/mol. The minimum atomic E-state index is 0.224. The van der Waals surface area contributed by atoms with Crippen LogP contribution in [0.25, 0.3) is 0 Å². The Balaban J connectivity index is 1.52. The van der Waals surface area contributed by atoms with Gasteiger partial charge in [-0.05, 0) is 56.3 Å². The standard InChI is InChI=1S/C16H22ClNOS/c17-15-5-4-14(20-15)13(19)12-18-10-8-16(9-11-18)6-2-1-3-7-16/h4-5H,1-3,6-12H2. The van der Waals surface area contributed by atoms with Crippen LogP contribution in [-0.2, 0) is 0 Å². The minimum Gasteiger partial charge on any atom is -0.296 e. The second-order valence-electron chi connectivity index (χ2n) is 6.36. The Morgan fingerprint density at radius 1 is 1.15 bits per heavy atom. The molecule has 3 rings (SSSR count). The van der Waals surface area contributed by atoms with E-state index in [0.717, 1.165) is 18.0 Å². The van der Waals surface area contributed by atoms with E-state index < -0.39 is 0 Å². The van der Waals surface area contributed by atoms with Crippen molar-refractivity contribution < 1.29 is 4.79 Å². The van der Waals surface area contributed by atoms with Crippen molar-refractivity contribution in [1.29, 1.82) is 0 Å². The van der Waals surface area contributed by atoms with E-state index in [1.54, 1.807) is 0 Å². The fraction of sp³-hybridized carbons (Fsp3) is 0.688. The van der Waals surface area contributed by atoms with Crippen LogP contribution in [0.5, 0.6) is 0 Å². The molecular weight excluding hydrogens is 290 g/mol. The Hall–Kier alpha value is -0.380. The maximum absolute atomic E-state index is 12.2. The van der Waals surface area contributed by atoms with Crippen LogP contribution in [0.4, 0.5) is 0 Å². The summed E-state index contributed by atoms with van der Waals surface area (Å²) in [4.78, 5) is 15.3. The van der Waals surface area contributed by atoms with Gasteiger partial charge in [0.25, 0.3) is 0 Å². The summed E-state index contributed by atoms with van der Waals surface area (Å²) in [5.41, 5.74) is 0.615. The van der Waals surface area contributed by atoms with Gasteiger partial charge in [0.2, 0.25) is 0 Å². The maximum atomic E-state index is 12.2. The number of hydrogen-bond acceptors (Lipinski definition) is 3. The van der Waals surface area contributed by atoms with Crippen LogP contribution in [0.15, 0.2) is 12.1 Å². The van der Waals surface area contributed by atoms with E-state index in [1.807, 2.05) is 12.1 Å². The Kier molecular flexibility index (Phi) is 4.49. The summed E-state index contributed by atoms with van der Waals surface area (Å²) >= 11 is 7.29. The molecule has 0 unspecified atom stereocenters. The molecule has 1 aliphatic carbocycles. The van der Waals surface area contributed by atoms with E-state index in [2.05, 4.69) is 4.90 Å². The SMILES string of the molecule is O=C(CN1CCC2(CCCCC2)CC1)c1ccc(Cl)s1. The molecule has 2 heterocycles. The van der Waals surface area contributed by atoms with Gasteiger partial charge in [-0.1, -0.05) is 30.9 Å². The summed E-state index contributed by atoms with van der Waals surface area (Å²) in [5, 5.41) is 0. The minimum absolute atomic E-state index is 0.224. The lowest BCUT2D eigenvalue weighted by Gasteiger charge is -2.44. The maximum Gasteiger partial charge on any atom is 0.186 e. The first kappa shape index (κ1) is 14.6. The molecule has 1 spiro atoms. The normalized spacial score (nSPS) is 23.1. The molecule has 2 fully saturated rings. The third-order valence-corrected chi connectivity index (χ3v) is 6.32. The molecule has 4 heteroatoms. The second-order valence-corrected chi connectivity index (χ2v) is 8.08. The zero-order valence-corrected chi connectivity index (χ0v) is 13.4. The molecule has 110 valence electrons. The molecule has 0 radical (unpaired) electrons. The van der Waals surface area contributed by atoms with Gasteiger partial charge in [0, 0.05) is 0 Å². The number of piperidine rings is 1. The summed E-state index contributed by atoms with van der Waals surface area (Å²) in [6.07, 6.45) is 9.63. The highest BCUT2D eigenvalue weighted by Crippen LogP contribution is 2.44. The molecule has 2 nitrogen and oxygen atoms in total. The topological polar surface area (TPSA) is 20.3 Å². The summed E-state index contributed by atoms with van der Waals surface area (Å²) in [6.45, 7) is 2.74. The molecule has 1 aromatic heterocycles. The van der Waals surface area contributed by atoms with Gasteiger partial charge in [0.05, 0.1) is 15.8 Å². The average Bonchev–Trinajstić information content (AvgIpc) is 2.89. The lowest BCUT2D eigenvalue weighted by atomic mass is 9.68. The van der Waals surface area contributed by atoms with Gasteiger partial charge >= 0.3 is 0 Å². The molecule has 1 saturated carbocycles. The lowest BCUT2D eigenvalue weighted by Crippen LogP contribution is -2.43. The van der Waals surface area contributed by atoms with Crippen LogP contribution in [0, 0.1) is 5.41 Å². The number of Topliss-reactive ketones (excluding diaryl/α,β-unsaturated/α-hetero) is 1. The van der Waals surface area contributed by atoms with Crippen molar-refractivity contribution in [3.63, 3.8) is 0 Å². The van der Waals surface area contributed by atoms with Crippen molar-refractivity contribution in [2.24, 2.45) is 5.41 Å². The zero-order valence-electron chi connectivity index (χ0n) is 11.9. The average molecular weight is 312 g/mol. The van der Waals surface area contributed by atoms with Crippen molar-refractivity contribution in [2.75, 3.05) is 19.6 Å². The van der Waals surface area contributed by atoms with Crippen molar-refractivity contribution >= 4 is 28.7 Å². The van der Waals surface area contributed by atoms with Crippen LogP contribution < -0.4 is 0 Å². The Morgan fingerprint density at radius 2 is 1.85 bits per heavy atom. The molecular formula is C16H22ClNOS. The van der Waals surface area contributed by atoms with Crippen LogP contribution in [0.3, 0.4) is 0 Å². The highest BCUT2D eigenvalue weighted by Gasteiger charge is 2.35. The first-order valence-corrected chi connectivity index (χ1v) is 8.87. The first-order chi connectivity index (χ1) is 9.67. The molecule has 0 atom stereocenters. The third-order valence-electron chi connectivity index (χ3n) is 5.05. The van der Waals surface area contributed by atoms with E-state index in [4.69, 9.17) is 11.6 Å². The number of carbonyl (C=O) groups is 1. The van der Waals surface area contributed by atoms with Gasteiger partial charge < -0.3 is 0 Å². The van der Waals surface area contributed by atoms with Gasteiger partial charge in [0.15, 0.2) is 5.78 Å². The fourth-order valence-electron chi connectivity index (χ4n) is 3.73. The predicted octanol–water partition coefficient (Wildman–Crippen LogP) is 4.63. The van der Waals surface area contributed by atoms with Crippen molar-refractivity contribution in [2.45, 2.75) is 44.9 Å². The number of ketones is 1. The lowest BCUT2D eigenvalue weighted by molar-refractivity contribution is 0.0613. The molecule has 0 aromatic carbocycles. The Morgan fingerprint density at radius 3 is 2.45 bits per heavy atom. The molecule has 20 heavy (non-hydrogen) atoms. The van der Waals surface area contributed by atoms with Crippen molar-refractivity contribution in [3.05, 3.63) is 21.3 Å². The number of thiophene rings is 1. The number of rotatable bonds is 3. The van der Waals surface area contributed by atoms with E-state index in [-0.39, 0.29) is 5.78 Å². The first-order valence-electron chi connectivity index (χ1n) is 7.68. The summed E-state index contributed by atoms with van der Waals surface area (Å²) in [6, 6.07) is 3.66. The molecule has 1 saturated heterocycles. The summed E-state index contributed by atoms with van der Waals surface area (Å²) in [5.74, 6) is 0.224. The molecule has 1 aromatic rings. The van der Waals surface area contributed by atoms with Crippen LogP contribution >= 0.6 is 22.9 Å². The monoisotopic (exact) mass is 311 g/mol. The van der Waals surface area contributed by atoms with Crippen LogP contribution in [0.1, 0.15) is 54.6 Å².